The van der Waals surface area contributed by atoms with Crippen LogP contribution in [0.2, 0.25) is 0 Å². The van der Waals surface area contributed by atoms with E-state index in [0.717, 1.165) is 11.5 Å². The molecule has 0 saturated carbocycles. The summed E-state index contributed by atoms with van der Waals surface area (Å²) in [5, 5.41) is 4.10. The molecule has 4 heteroatoms. The first-order valence-electron chi connectivity index (χ1n) is 4.93. The molecule has 0 saturated heterocycles. The van der Waals surface area contributed by atoms with Crippen molar-refractivity contribution in [3.63, 3.8) is 0 Å². The lowest BCUT2D eigenvalue weighted by atomic mass is 10.2. The Kier molecular flexibility index (Phi) is 3.21. The van der Waals surface area contributed by atoms with Gasteiger partial charge in [0, 0.05) is 21.9 Å². The molecule has 2 heterocycles. The average molecular weight is 254 g/mol. The Morgan fingerprint density at radius 3 is 1.44 bits per heavy atom. The molecule has 0 aromatic carbocycles. The first-order chi connectivity index (χ1) is 7.69. The van der Waals surface area contributed by atoms with Crippen molar-refractivity contribution in [2.75, 3.05) is 14.2 Å². The van der Waals surface area contributed by atoms with E-state index in [1.54, 1.807) is 36.9 Å². The predicted molar refractivity (Wildman–Crippen MR) is 70.2 cm³/mol. The number of rotatable bonds is 3. The van der Waals surface area contributed by atoms with E-state index in [9.17, 15) is 0 Å². The number of ether oxygens (including phenoxy) is 2. The van der Waals surface area contributed by atoms with Gasteiger partial charge >= 0.3 is 0 Å². The fraction of sp³-hybridized carbons (Fsp3) is 0.333. The molecule has 0 atom stereocenters. The molecular weight excluding hydrogens is 240 g/mol. The molecule has 0 unspecified atom stereocenters. The Labute approximate surface area is 103 Å². The fourth-order valence-electron chi connectivity index (χ4n) is 1.65. The standard InChI is InChI=1S/C12H14O2S2/c1-7-9(13-3)5-15-11(7)12-8(2)10(14-4)6-16-12/h5-6H,1-4H3. The minimum Gasteiger partial charge on any atom is -0.496 e. The highest BCUT2D eigenvalue weighted by atomic mass is 32.1. The molecule has 0 aliphatic heterocycles. The van der Waals surface area contributed by atoms with Gasteiger partial charge < -0.3 is 9.47 Å². The topological polar surface area (TPSA) is 18.5 Å². The van der Waals surface area contributed by atoms with Crippen LogP contribution in [0.3, 0.4) is 0 Å². The van der Waals surface area contributed by atoms with Crippen LogP contribution in [0.15, 0.2) is 10.8 Å². The second kappa shape index (κ2) is 4.47. The number of methoxy groups -OCH3 is 2. The summed E-state index contributed by atoms with van der Waals surface area (Å²) in [5.41, 5.74) is 2.42. The van der Waals surface area contributed by atoms with Gasteiger partial charge in [-0.15, -0.1) is 22.7 Å². The van der Waals surface area contributed by atoms with E-state index >= 15 is 0 Å². The number of hydrogen-bond acceptors (Lipinski definition) is 4. The van der Waals surface area contributed by atoms with E-state index in [1.165, 1.54) is 20.9 Å². The van der Waals surface area contributed by atoms with Crippen LogP contribution in [-0.2, 0) is 0 Å². The van der Waals surface area contributed by atoms with Crippen LogP contribution in [0.4, 0.5) is 0 Å². The van der Waals surface area contributed by atoms with Crippen molar-refractivity contribution in [2.45, 2.75) is 13.8 Å². The van der Waals surface area contributed by atoms with Gasteiger partial charge in [0.05, 0.1) is 24.0 Å². The second-order valence-corrected chi connectivity index (χ2v) is 5.28. The molecule has 0 spiro atoms. The van der Waals surface area contributed by atoms with Crippen LogP contribution >= 0.6 is 22.7 Å². The first-order valence-corrected chi connectivity index (χ1v) is 6.69. The van der Waals surface area contributed by atoms with Gasteiger partial charge in [-0.3, -0.25) is 0 Å². The molecule has 16 heavy (non-hydrogen) atoms. The summed E-state index contributed by atoms with van der Waals surface area (Å²) in [4.78, 5) is 2.56. The number of thiophene rings is 2. The Bertz CT molecular complexity index is 451. The average Bonchev–Trinajstić information content (AvgIpc) is 2.82. The van der Waals surface area contributed by atoms with Gasteiger partial charge in [-0.05, 0) is 13.8 Å². The summed E-state index contributed by atoms with van der Waals surface area (Å²) < 4.78 is 10.6. The van der Waals surface area contributed by atoms with Crippen LogP contribution < -0.4 is 9.47 Å². The molecule has 2 aromatic heterocycles. The summed E-state index contributed by atoms with van der Waals surface area (Å²) in [6.45, 7) is 4.19. The van der Waals surface area contributed by atoms with Crippen molar-refractivity contribution >= 4 is 22.7 Å². The smallest absolute Gasteiger partial charge is 0.133 e. The third-order valence-corrected chi connectivity index (χ3v) is 4.92. The molecule has 0 bridgehead atoms. The van der Waals surface area contributed by atoms with Gasteiger partial charge in [0.2, 0.25) is 0 Å². The fourth-order valence-corrected chi connectivity index (χ4v) is 4.01. The third kappa shape index (κ3) is 1.72. The maximum absolute atomic E-state index is 5.30. The molecule has 0 aliphatic carbocycles. The zero-order chi connectivity index (χ0) is 11.7. The quantitative estimate of drug-likeness (QED) is 0.820. The van der Waals surface area contributed by atoms with Crippen LogP contribution in [-0.4, -0.2) is 14.2 Å². The summed E-state index contributed by atoms with van der Waals surface area (Å²) in [7, 11) is 3.42. The first kappa shape index (κ1) is 11.5. The lowest BCUT2D eigenvalue weighted by molar-refractivity contribution is 0.413. The van der Waals surface area contributed by atoms with Crippen LogP contribution in [0.5, 0.6) is 11.5 Å². The Morgan fingerprint density at radius 1 is 0.812 bits per heavy atom. The third-order valence-electron chi connectivity index (χ3n) is 2.63. The molecule has 0 fully saturated rings. The van der Waals surface area contributed by atoms with Gasteiger partial charge in [0.25, 0.3) is 0 Å². The van der Waals surface area contributed by atoms with E-state index in [4.69, 9.17) is 9.47 Å². The van der Waals surface area contributed by atoms with Crippen LogP contribution in [0.25, 0.3) is 9.75 Å². The molecule has 86 valence electrons. The molecule has 0 aliphatic rings. The molecule has 0 N–H and O–H groups in total. The van der Waals surface area contributed by atoms with E-state index in [-0.39, 0.29) is 0 Å². The van der Waals surface area contributed by atoms with Crippen molar-refractivity contribution in [1.82, 2.24) is 0 Å². The van der Waals surface area contributed by atoms with E-state index in [2.05, 4.69) is 24.6 Å². The zero-order valence-electron chi connectivity index (χ0n) is 9.79. The van der Waals surface area contributed by atoms with Crippen molar-refractivity contribution < 1.29 is 9.47 Å². The van der Waals surface area contributed by atoms with Gasteiger partial charge in [-0.2, -0.15) is 0 Å². The van der Waals surface area contributed by atoms with Crippen LogP contribution in [0.1, 0.15) is 11.1 Å². The van der Waals surface area contributed by atoms with Crippen molar-refractivity contribution in [3.8, 4) is 21.3 Å². The Hall–Kier alpha value is -1.00. The normalized spacial score (nSPS) is 10.5. The van der Waals surface area contributed by atoms with E-state index < -0.39 is 0 Å². The zero-order valence-corrected chi connectivity index (χ0v) is 11.4. The highest BCUT2D eigenvalue weighted by molar-refractivity contribution is 7.21. The van der Waals surface area contributed by atoms with Gasteiger partial charge in [-0.1, -0.05) is 0 Å². The van der Waals surface area contributed by atoms with Gasteiger partial charge in [0.1, 0.15) is 11.5 Å². The molecule has 0 radical (unpaired) electrons. The maximum atomic E-state index is 5.30. The minimum absolute atomic E-state index is 0.965. The van der Waals surface area contributed by atoms with Crippen molar-refractivity contribution in [2.24, 2.45) is 0 Å². The monoisotopic (exact) mass is 254 g/mol. The minimum atomic E-state index is 0.965. The summed E-state index contributed by atoms with van der Waals surface area (Å²) >= 11 is 3.44. The highest BCUT2D eigenvalue weighted by Crippen LogP contribution is 2.43. The molecule has 2 nitrogen and oxygen atoms in total. The Morgan fingerprint density at radius 2 is 1.19 bits per heavy atom. The largest absolute Gasteiger partial charge is 0.496 e. The van der Waals surface area contributed by atoms with Crippen LogP contribution in [0, 0.1) is 13.8 Å². The van der Waals surface area contributed by atoms with E-state index in [1.807, 2.05) is 0 Å². The molecule has 2 rings (SSSR count). The van der Waals surface area contributed by atoms with Gasteiger partial charge in [-0.25, -0.2) is 0 Å². The van der Waals surface area contributed by atoms with Crippen molar-refractivity contribution in [3.05, 3.63) is 21.9 Å². The molecular formula is C12H14O2S2. The summed E-state index contributed by atoms with van der Waals surface area (Å²) in [6, 6.07) is 0. The molecule has 2 aromatic rings. The second-order valence-electron chi connectivity index (χ2n) is 3.52. The van der Waals surface area contributed by atoms with Crippen molar-refractivity contribution in [1.29, 1.82) is 0 Å². The lowest BCUT2D eigenvalue weighted by Crippen LogP contribution is -1.84. The highest BCUT2D eigenvalue weighted by Gasteiger charge is 2.15. The predicted octanol–water partition coefficient (Wildman–Crippen LogP) is 4.11. The van der Waals surface area contributed by atoms with Gasteiger partial charge in [0.15, 0.2) is 0 Å². The SMILES string of the molecule is COc1csc(-c2scc(OC)c2C)c1C. The lowest BCUT2D eigenvalue weighted by Gasteiger charge is -2.01. The van der Waals surface area contributed by atoms with E-state index in [0.29, 0.717) is 0 Å². The number of hydrogen-bond donors (Lipinski definition) is 0. The maximum Gasteiger partial charge on any atom is 0.133 e. The Balaban J connectivity index is 2.50. The summed E-state index contributed by atoms with van der Waals surface area (Å²) in [5.74, 6) is 1.93. The summed E-state index contributed by atoms with van der Waals surface area (Å²) in [6.07, 6.45) is 0. The molecule has 0 amide bonds.